The molecular formula is C16H19NO2S. The van der Waals surface area contributed by atoms with Crippen LogP contribution in [0.15, 0.2) is 30.3 Å². The molecule has 0 aliphatic heterocycles. The van der Waals surface area contributed by atoms with Crippen LogP contribution in [0.1, 0.15) is 35.0 Å². The van der Waals surface area contributed by atoms with Crippen molar-refractivity contribution in [3.8, 4) is 10.4 Å². The minimum atomic E-state index is -0.354. The van der Waals surface area contributed by atoms with Crippen molar-refractivity contribution in [3.63, 3.8) is 0 Å². The summed E-state index contributed by atoms with van der Waals surface area (Å²) in [5, 5.41) is 0. The van der Waals surface area contributed by atoms with Gasteiger partial charge in [0.25, 0.3) is 0 Å². The van der Waals surface area contributed by atoms with E-state index >= 15 is 0 Å². The summed E-state index contributed by atoms with van der Waals surface area (Å²) in [7, 11) is 1.38. The van der Waals surface area contributed by atoms with Gasteiger partial charge in [0.05, 0.1) is 12.8 Å². The van der Waals surface area contributed by atoms with Gasteiger partial charge in [0.15, 0.2) is 0 Å². The topological polar surface area (TPSA) is 52.3 Å². The summed E-state index contributed by atoms with van der Waals surface area (Å²) >= 11 is 1.42. The van der Waals surface area contributed by atoms with Crippen LogP contribution in [-0.2, 0) is 11.2 Å². The smallest absolute Gasteiger partial charge is 0.350 e. The molecular weight excluding hydrogens is 270 g/mol. The fourth-order valence-electron chi connectivity index (χ4n) is 2.15. The van der Waals surface area contributed by atoms with Crippen molar-refractivity contribution in [1.29, 1.82) is 0 Å². The minimum absolute atomic E-state index is 0.354. The van der Waals surface area contributed by atoms with E-state index in [2.05, 4.69) is 6.92 Å². The van der Waals surface area contributed by atoms with Crippen molar-refractivity contribution in [3.05, 3.63) is 40.8 Å². The summed E-state index contributed by atoms with van der Waals surface area (Å²) in [6, 6.07) is 10.1. The first-order valence-electron chi connectivity index (χ1n) is 6.73. The molecule has 1 aromatic heterocycles. The molecule has 106 valence electrons. The van der Waals surface area contributed by atoms with Crippen LogP contribution in [0.4, 0.5) is 5.69 Å². The van der Waals surface area contributed by atoms with Gasteiger partial charge in [-0.3, -0.25) is 0 Å². The Morgan fingerprint density at radius 2 is 2.00 bits per heavy atom. The molecule has 0 atom stereocenters. The van der Waals surface area contributed by atoms with E-state index < -0.39 is 0 Å². The van der Waals surface area contributed by atoms with E-state index in [1.807, 2.05) is 30.3 Å². The first kappa shape index (κ1) is 14.6. The molecule has 1 heterocycles. The van der Waals surface area contributed by atoms with Gasteiger partial charge in [-0.25, -0.2) is 4.79 Å². The van der Waals surface area contributed by atoms with Gasteiger partial charge in [-0.05, 0) is 24.0 Å². The quantitative estimate of drug-likeness (QED) is 0.842. The number of unbranched alkanes of at least 4 members (excludes halogenated alkanes) is 1. The maximum absolute atomic E-state index is 11.8. The molecule has 0 saturated heterocycles. The van der Waals surface area contributed by atoms with Gasteiger partial charge in [0.1, 0.15) is 4.88 Å². The lowest BCUT2D eigenvalue weighted by molar-refractivity contribution is 0.0607. The predicted molar refractivity (Wildman–Crippen MR) is 84.1 cm³/mol. The average Bonchev–Trinajstić information content (AvgIpc) is 2.82. The number of nitrogens with two attached hydrogens (primary N) is 1. The molecule has 1 aromatic carbocycles. The number of esters is 1. The average molecular weight is 289 g/mol. The lowest BCUT2D eigenvalue weighted by atomic mass is 10.0. The molecule has 0 amide bonds. The van der Waals surface area contributed by atoms with Crippen LogP contribution < -0.4 is 5.73 Å². The van der Waals surface area contributed by atoms with Crippen molar-refractivity contribution in [2.45, 2.75) is 26.2 Å². The van der Waals surface area contributed by atoms with Crippen LogP contribution in [0.25, 0.3) is 10.4 Å². The lowest BCUT2D eigenvalue weighted by Crippen LogP contribution is -2.03. The second kappa shape index (κ2) is 6.57. The van der Waals surface area contributed by atoms with Gasteiger partial charge >= 0.3 is 5.97 Å². The Labute approximate surface area is 123 Å². The van der Waals surface area contributed by atoms with Gasteiger partial charge in [0, 0.05) is 4.88 Å². The minimum Gasteiger partial charge on any atom is -0.465 e. The third kappa shape index (κ3) is 2.85. The lowest BCUT2D eigenvalue weighted by Gasteiger charge is -2.04. The molecule has 0 radical (unpaired) electrons. The number of anilines is 1. The fourth-order valence-corrected chi connectivity index (χ4v) is 3.34. The number of nitrogen functional groups attached to an aromatic ring is 1. The first-order chi connectivity index (χ1) is 9.69. The van der Waals surface area contributed by atoms with Gasteiger partial charge < -0.3 is 10.5 Å². The molecule has 0 saturated carbocycles. The number of thiophene rings is 1. The number of benzene rings is 1. The highest BCUT2D eigenvalue weighted by Crippen LogP contribution is 2.39. The van der Waals surface area contributed by atoms with Crippen LogP contribution in [0.5, 0.6) is 0 Å². The Kier molecular flexibility index (Phi) is 4.79. The highest BCUT2D eigenvalue weighted by molar-refractivity contribution is 7.18. The number of carbonyl (C=O) groups is 1. The molecule has 0 aliphatic rings. The highest BCUT2D eigenvalue weighted by Gasteiger charge is 2.21. The Morgan fingerprint density at radius 1 is 1.30 bits per heavy atom. The van der Waals surface area contributed by atoms with Crippen LogP contribution in [0.2, 0.25) is 0 Å². The van der Waals surface area contributed by atoms with E-state index in [-0.39, 0.29) is 5.97 Å². The maximum Gasteiger partial charge on any atom is 0.350 e. The molecule has 0 aliphatic carbocycles. The van der Waals surface area contributed by atoms with Crippen molar-refractivity contribution in [2.24, 2.45) is 0 Å². The molecule has 0 fully saturated rings. The number of methoxy groups -OCH3 is 1. The number of hydrogen-bond donors (Lipinski definition) is 1. The summed E-state index contributed by atoms with van der Waals surface area (Å²) in [5.41, 5.74) is 8.92. The van der Waals surface area contributed by atoms with E-state index in [4.69, 9.17) is 10.5 Å². The monoisotopic (exact) mass is 289 g/mol. The van der Waals surface area contributed by atoms with E-state index in [9.17, 15) is 4.79 Å². The Balaban J connectivity index is 2.51. The molecule has 0 bridgehead atoms. The summed E-state index contributed by atoms with van der Waals surface area (Å²) in [4.78, 5) is 13.4. The Morgan fingerprint density at radius 3 is 2.60 bits per heavy atom. The maximum atomic E-state index is 11.8. The standard InChI is InChI=1S/C16H19NO2S/c1-3-4-10-12-13(17)15(16(18)19-2)20-14(12)11-8-6-5-7-9-11/h5-9H,3-4,10,17H2,1-2H3. The number of ether oxygens (including phenoxy) is 1. The van der Waals surface area contributed by atoms with Crippen molar-refractivity contribution in [1.82, 2.24) is 0 Å². The van der Waals surface area contributed by atoms with E-state index in [1.165, 1.54) is 18.4 Å². The normalized spacial score (nSPS) is 10.5. The second-order valence-corrected chi connectivity index (χ2v) is 5.63. The first-order valence-corrected chi connectivity index (χ1v) is 7.55. The summed E-state index contributed by atoms with van der Waals surface area (Å²) in [6.45, 7) is 2.14. The zero-order valence-electron chi connectivity index (χ0n) is 11.8. The molecule has 0 spiro atoms. The zero-order valence-corrected chi connectivity index (χ0v) is 12.6. The molecule has 20 heavy (non-hydrogen) atoms. The summed E-state index contributed by atoms with van der Waals surface area (Å²) < 4.78 is 4.82. The molecule has 2 rings (SSSR count). The number of hydrogen-bond acceptors (Lipinski definition) is 4. The Bertz CT molecular complexity index is 590. The molecule has 3 nitrogen and oxygen atoms in total. The van der Waals surface area contributed by atoms with Gasteiger partial charge in [-0.15, -0.1) is 11.3 Å². The molecule has 2 aromatic rings. The second-order valence-electron chi connectivity index (χ2n) is 4.61. The van der Waals surface area contributed by atoms with Crippen LogP contribution in [0, 0.1) is 0 Å². The predicted octanol–water partition coefficient (Wildman–Crippen LogP) is 4.13. The molecule has 4 heteroatoms. The third-order valence-corrected chi connectivity index (χ3v) is 4.51. The SMILES string of the molecule is CCCCc1c(-c2ccccc2)sc(C(=O)OC)c1N. The zero-order chi connectivity index (χ0) is 14.5. The van der Waals surface area contributed by atoms with Crippen molar-refractivity contribution >= 4 is 23.0 Å². The van der Waals surface area contributed by atoms with Crippen LogP contribution in [0.3, 0.4) is 0 Å². The van der Waals surface area contributed by atoms with Crippen molar-refractivity contribution in [2.75, 3.05) is 12.8 Å². The van der Waals surface area contributed by atoms with E-state index in [0.29, 0.717) is 10.6 Å². The fraction of sp³-hybridized carbons (Fsp3) is 0.312. The summed E-state index contributed by atoms with van der Waals surface area (Å²) in [5.74, 6) is -0.354. The highest BCUT2D eigenvalue weighted by atomic mass is 32.1. The molecule has 2 N–H and O–H groups in total. The van der Waals surface area contributed by atoms with E-state index in [1.54, 1.807) is 0 Å². The van der Waals surface area contributed by atoms with Crippen molar-refractivity contribution < 1.29 is 9.53 Å². The summed E-state index contributed by atoms with van der Waals surface area (Å²) in [6.07, 6.45) is 3.04. The van der Waals surface area contributed by atoms with Gasteiger partial charge in [-0.2, -0.15) is 0 Å². The Hall–Kier alpha value is -1.81. The molecule has 0 unspecified atom stereocenters. The van der Waals surface area contributed by atoms with Crippen LogP contribution in [-0.4, -0.2) is 13.1 Å². The van der Waals surface area contributed by atoms with E-state index in [0.717, 1.165) is 35.3 Å². The number of carbonyl (C=O) groups excluding carboxylic acids is 1. The van der Waals surface area contributed by atoms with Gasteiger partial charge in [0.2, 0.25) is 0 Å². The number of rotatable bonds is 5. The third-order valence-electron chi connectivity index (χ3n) is 3.24. The van der Waals surface area contributed by atoms with Crippen LogP contribution >= 0.6 is 11.3 Å². The van der Waals surface area contributed by atoms with Gasteiger partial charge in [-0.1, -0.05) is 43.7 Å². The largest absolute Gasteiger partial charge is 0.465 e.